The Hall–Kier alpha value is -2.13. The second-order valence-electron chi connectivity index (χ2n) is 4.90. The molecule has 1 atom stereocenters. The molecule has 0 aliphatic carbocycles. The van der Waals surface area contributed by atoms with Crippen LogP contribution in [0.1, 0.15) is 24.3 Å². The van der Waals surface area contributed by atoms with Crippen LogP contribution in [0.3, 0.4) is 0 Å². The molecule has 2 aromatic carbocycles. The lowest BCUT2D eigenvalue weighted by atomic mass is 10.1. The Morgan fingerprint density at radius 3 is 2.60 bits per heavy atom. The van der Waals surface area contributed by atoms with Gasteiger partial charge in [0.1, 0.15) is 17.2 Å². The molecule has 0 radical (unpaired) electrons. The van der Waals surface area contributed by atoms with E-state index in [0.29, 0.717) is 6.54 Å². The standard InChI is InChI=1S/C17H16FNO/c1-12(13-6-8-15(18)9-7-13)19-11-16-10-14-4-2-3-5-17(14)20-16/h2-10,12,19H,11H2,1H3. The van der Waals surface area contributed by atoms with E-state index in [2.05, 4.69) is 12.2 Å². The highest BCUT2D eigenvalue weighted by molar-refractivity contribution is 5.77. The van der Waals surface area contributed by atoms with Gasteiger partial charge in [0.25, 0.3) is 0 Å². The molecule has 2 nitrogen and oxygen atoms in total. The molecule has 0 saturated carbocycles. The average Bonchev–Trinajstić information content (AvgIpc) is 2.88. The van der Waals surface area contributed by atoms with Crippen molar-refractivity contribution in [2.75, 3.05) is 0 Å². The van der Waals surface area contributed by atoms with Gasteiger partial charge in [0.05, 0.1) is 6.54 Å². The summed E-state index contributed by atoms with van der Waals surface area (Å²) in [6.45, 7) is 2.70. The van der Waals surface area contributed by atoms with Gasteiger partial charge in [0.15, 0.2) is 0 Å². The first-order chi connectivity index (χ1) is 9.72. The molecule has 3 heteroatoms. The van der Waals surface area contributed by atoms with Crippen LogP contribution in [-0.4, -0.2) is 0 Å². The number of para-hydroxylation sites is 1. The Labute approximate surface area is 117 Å². The van der Waals surface area contributed by atoms with Crippen LogP contribution in [0.5, 0.6) is 0 Å². The first-order valence-electron chi connectivity index (χ1n) is 6.69. The number of rotatable bonds is 4. The van der Waals surface area contributed by atoms with Crippen molar-refractivity contribution in [3.8, 4) is 0 Å². The van der Waals surface area contributed by atoms with E-state index in [-0.39, 0.29) is 11.9 Å². The molecule has 0 amide bonds. The van der Waals surface area contributed by atoms with Crippen molar-refractivity contribution in [2.45, 2.75) is 19.5 Å². The van der Waals surface area contributed by atoms with Gasteiger partial charge in [-0.2, -0.15) is 0 Å². The van der Waals surface area contributed by atoms with Crippen LogP contribution in [0.15, 0.2) is 59.0 Å². The summed E-state index contributed by atoms with van der Waals surface area (Å²) >= 11 is 0. The van der Waals surface area contributed by atoms with Crippen molar-refractivity contribution < 1.29 is 8.81 Å². The van der Waals surface area contributed by atoms with Gasteiger partial charge >= 0.3 is 0 Å². The highest BCUT2D eigenvalue weighted by Crippen LogP contribution is 2.20. The van der Waals surface area contributed by atoms with Crippen LogP contribution in [0, 0.1) is 5.82 Å². The van der Waals surface area contributed by atoms with Crippen LogP contribution in [0.25, 0.3) is 11.0 Å². The summed E-state index contributed by atoms with van der Waals surface area (Å²) in [4.78, 5) is 0. The number of hydrogen-bond donors (Lipinski definition) is 1. The highest BCUT2D eigenvalue weighted by Gasteiger charge is 2.07. The number of fused-ring (bicyclic) bond motifs is 1. The smallest absolute Gasteiger partial charge is 0.134 e. The summed E-state index contributed by atoms with van der Waals surface area (Å²) in [6, 6.07) is 16.7. The van der Waals surface area contributed by atoms with Crippen molar-refractivity contribution in [1.82, 2.24) is 5.32 Å². The number of furan rings is 1. The second-order valence-corrected chi connectivity index (χ2v) is 4.90. The molecule has 102 valence electrons. The van der Waals surface area contributed by atoms with Crippen molar-refractivity contribution in [3.63, 3.8) is 0 Å². The fraction of sp³-hybridized carbons (Fsp3) is 0.176. The van der Waals surface area contributed by atoms with E-state index in [4.69, 9.17) is 4.42 Å². The Bertz CT molecular complexity index is 669. The van der Waals surface area contributed by atoms with E-state index in [1.807, 2.05) is 30.3 Å². The van der Waals surface area contributed by atoms with Gasteiger partial charge in [-0.25, -0.2) is 4.39 Å². The molecule has 1 heterocycles. The maximum Gasteiger partial charge on any atom is 0.134 e. The summed E-state index contributed by atoms with van der Waals surface area (Å²) in [7, 11) is 0. The number of hydrogen-bond acceptors (Lipinski definition) is 2. The number of benzene rings is 2. The van der Waals surface area contributed by atoms with Gasteiger partial charge in [-0.3, -0.25) is 0 Å². The van der Waals surface area contributed by atoms with Crippen LogP contribution in [0.4, 0.5) is 4.39 Å². The molecule has 3 aromatic rings. The SMILES string of the molecule is CC(NCc1cc2ccccc2o1)c1ccc(F)cc1. The molecule has 1 aromatic heterocycles. The predicted octanol–water partition coefficient (Wildman–Crippen LogP) is 4.42. The quantitative estimate of drug-likeness (QED) is 0.758. The summed E-state index contributed by atoms with van der Waals surface area (Å²) in [5.74, 6) is 0.693. The molecular formula is C17H16FNO. The zero-order chi connectivity index (χ0) is 13.9. The van der Waals surface area contributed by atoms with E-state index < -0.39 is 0 Å². The number of nitrogens with one attached hydrogen (secondary N) is 1. The van der Waals surface area contributed by atoms with E-state index >= 15 is 0 Å². The van der Waals surface area contributed by atoms with Gasteiger partial charge in [-0.05, 0) is 36.8 Å². The molecule has 1 unspecified atom stereocenters. The van der Waals surface area contributed by atoms with Gasteiger partial charge in [-0.1, -0.05) is 30.3 Å². The van der Waals surface area contributed by atoms with Gasteiger partial charge < -0.3 is 9.73 Å². The predicted molar refractivity (Wildman–Crippen MR) is 77.9 cm³/mol. The fourth-order valence-electron chi connectivity index (χ4n) is 2.25. The average molecular weight is 269 g/mol. The molecule has 0 saturated heterocycles. The molecular weight excluding hydrogens is 253 g/mol. The summed E-state index contributed by atoms with van der Waals surface area (Å²) in [5, 5.41) is 4.49. The molecule has 0 fully saturated rings. The van der Waals surface area contributed by atoms with E-state index in [0.717, 1.165) is 22.3 Å². The van der Waals surface area contributed by atoms with Crippen LogP contribution in [0.2, 0.25) is 0 Å². The Kier molecular flexibility index (Phi) is 3.52. The molecule has 0 aliphatic heterocycles. The van der Waals surface area contributed by atoms with Crippen molar-refractivity contribution in [1.29, 1.82) is 0 Å². The second kappa shape index (κ2) is 5.47. The molecule has 1 N–H and O–H groups in total. The molecule has 3 rings (SSSR count). The fourth-order valence-corrected chi connectivity index (χ4v) is 2.25. The first kappa shape index (κ1) is 12.9. The van der Waals surface area contributed by atoms with Crippen molar-refractivity contribution in [3.05, 3.63) is 71.7 Å². The summed E-state index contributed by atoms with van der Waals surface area (Å²) < 4.78 is 18.6. The zero-order valence-electron chi connectivity index (χ0n) is 11.3. The third-order valence-corrected chi connectivity index (χ3v) is 3.43. The van der Waals surface area contributed by atoms with Crippen LogP contribution >= 0.6 is 0 Å². The van der Waals surface area contributed by atoms with Crippen LogP contribution in [-0.2, 0) is 6.54 Å². The lowest BCUT2D eigenvalue weighted by molar-refractivity contribution is 0.482. The number of halogens is 1. The molecule has 20 heavy (non-hydrogen) atoms. The third-order valence-electron chi connectivity index (χ3n) is 3.43. The summed E-state index contributed by atoms with van der Waals surface area (Å²) in [6.07, 6.45) is 0. The van der Waals surface area contributed by atoms with Crippen molar-refractivity contribution >= 4 is 11.0 Å². The van der Waals surface area contributed by atoms with E-state index in [9.17, 15) is 4.39 Å². The normalized spacial score (nSPS) is 12.7. The largest absolute Gasteiger partial charge is 0.460 e. The molecule has 0 spiro atoms. The Balaban J connectivity index is 1.68. The minimum absolute atomic E-state index is 0.142. The Morgan fingerprint density at radius 2 is 1.85 bits per heavy atom. The van der Waals surface area contributed by atoms with E-state index in [1.165, 1.54) is 12.1 Å². The van der Waals surface area contributed by atoms with Crippen molar-refractivity contribution in [2.24, 2.45) is 0 Å². The molecule has 0 bridgehead atoms. The maximum absolute atomic E-state index is 12.9. The lowest BCUT2D eigenvalue weighted by Gasteiger charge is -2.13. The monoisotopic (exact) mass is 269 g/mol. The van der Waals surface area contributed by atoms with E-state index in [1.54, 1.807) is 12.1 Å². The zero-order valence-corrected chi connectivity index (χ0v) is 11.3. The Morgan fingerprint density at radius 1 is 1.10 bits per heavy atom. The van der Waals surface area contributed by atoms with Gasteiger partial charge in [0.2, 0.25) is 0 Å². The summed E-state index contributed by atoms with van der Waals surface area (Å²) in [5.41, 5.74) is 1.96. The first-order valence-corrected chi connectivity index (χ1v) is 6.69. The maximum atomic E-state index is 12.9. The van der Waals surface area contributed by atoms with Gasteiger partial charge in [0, 0.05) is 11.4 Å². The van der Waals surface area contributed by atoms with Crippen LogP contribution < -0.4 is 5.32 Å². The third kappa shape index (κ3) is 2.73. The minimum atomic E-state index is -0.210. The van der Waals surface area contributed by atoms with Gasteiger partial charge in [-0.15, -0.1) is 0 Å². The lowest BCUT2D eigenvalue weighted by Crippen LogP contribution is -2.17. The highest BCUT2D eigenvalue weighted by atomic mass is 19.1. The molecule has 0 aliphatic rings. The minimum Gasteiger partial charge on any atom is -0.460 e. The topological polar surface area (TPSA) is 25.2 Å².